The third kappa shape index (κ3) is 4.87. The van der Waals surface area contributed by atoms with Gasteiger partial charge in [-0.3, -0.25) is 4.79 Å². The summed E-state index contributed by atoms with van der Waals surface area (Å²) in [6, 6.07) is 3.37. The second-order valence-electron chi connectivity index (χ2n) is 5.33. The lowest BCUT2D eigenvalue weighted by Crippen LogP contribution is -2.41. The van der Waals surface area contributed by atoms with Gasteiger partial charge in [-0.05, 0) is 18.4 Å². The topological polar surface area (TPSA) is 71.2 Å². The molecule has 0 fully saturated rings. The Balaban J connectivity index is 2.60. The highest BCUT2D eigenvalue weighted by Crippen LogP contribution is 2.14. The quantitative estimate of drug-likeness (QED) is 0.808. The molecular weight excluding hydrogens is 240 g/mol. The van der Waals surface area contributed by atoms with Crippen molar-refractivity contribution in [2.75, 3.05) is 19.0 Å². The lowest BCUT2D eigenvalue weighted by atomic mass is 10.0. The van der Waals surface area contributed by atoms with Crippen molar-refractivity contribution in [1.29, 1.82) is 0 Å². The zero-order chi connectivity index (χ0) is 14.4. The second kappa shape index (κ2) is 7.09. The van der Waals surface area contributed by atoms with E-state index in [1.54, 1.807) is 6.20 Å². The summed E-state index contributed by atoms with van der Waals surface area (Å²) < 4.78 is 0. The molecule has 106 valence electrons. The number of amides is 1. The van der Waals surface area contributed by atoms with Crippen molar-refractivity contribution in [3.63, 3.8) is 0 Å². The van der Waals surface area contributed by atoms with Gasteiger partial charge in [0, 0.05) is 32.4 Å². The van der Waals surface area contributed by atoms with Crippen molar-refractivity contribution in [2.24, 2.45) is 11.7 Å². The van der Waals surface area contributed by atoms with E-state index in [0.29, 0.717) is 18.9 Å². The van der Waals surface area contributed by atoms with E-state index in [1.807, 2.05) is 31.1 Å². The number of rotatable bonds is 6. The Hall–Kier alpha value is -1.62. The number of carbonyl (C=O) groups is 1. The van der Waals surface area contributed by atoms with Crippen LogP contribution in [-0.2, 0) is 11.3 Å². The second-order valence-corrected chi connectivity index (χ2v) is 5.33. The van der Waals surface area contributed by atoms with Gasteiger partial charge in [-0.25, -0.2) is 4.98 Å². The molecule has 0 aromatic carbocycles. The fourth-order valence-corrected chi connectivity index (χ4v) is 1.90. The Bertz CT molecular complexity index is 418. The number of nitrogens with two attached hydrogens (primary N) is 1. The van der Waals surface area contributed by atoms with E-state index in [9.17, 15) is 4.79 Å². The molecule has 0 unspecified atom stereocenters. The van der Waals surface area contributed by atoms with Gasteiger partial charge < -0.3 is 16.0 Å². The van der Waals surface area contributed by atoms with Crippen LogP contribution < -0.4 is 16.0 Å². The minimum Gasteiger partial charge on any atom is -0.362 e. The summed E-state index contributed by atoms with van der Waals surface area (Å²) in [4.78, 5) is 18.1. The normalized spacial score (nSPS) is 12.3. The van der Waals surface area contributed by atoms with Crippen LogP contribution in [0.3, 0.4) is 0 Å². The van der Waals surface area contributed by atoms with E-state index in [2.05, 4.69) is 24.1 Å². The highest BCUT2D eigenvalue weighted by molar-refractivity contribution is 5.81. The Labute approximate surface area is 115 Å². The number of carbonyl (C=O) groups excluding carboxylic acids is 1. The Morgan fingerprint density at radius 1 is 1.47 bits per heavy atom. The van der Waals surface area contributed by atoms with Crippen LogP contribution >= 0.6 is 0 Å². The summed E-state index contributed by atoms with van der Waals surface area (Å²) in [5.41, 5.74) is 6.83. The summed E-state index contributed by atoms with van der Waals surface area (Å²) in [5, 5.41) is 2.87. The van der Waals surface area contributed by atoms with Crippen LogP contribution in [0.5, 0.6) is 0 Å². The molecule has 5 nitrogen and oxygen atoms in total. The van der Waals surface area contributed by atoms with Crippen LogP contribution in [0, 0.1) is 5.92 Å². The zero-order valence-electron chi connectivity index (χ0n) is 12.2. The molecule has 0 aliphatic rings. The van der Waals surface area contributed by atoms with Crippen LogP contribution in [0.15, 0.2) is 18.3 Å². The van der Waals surface area contributed by atoms with Gasteiger partial charge in [-0.15, -0.1) is 0 Å². The first kappa shape index (κ1) is 15.4. The number of pyridine rings is 1. The van der Waals surface area contributed by atoms with Crippen molar-refractivity contribution in [3.8, 4) is 0 Å². The lowest BCUT2D eigenvalue weighted by molar-refractivity contribution is -0.122. The van der Waals surface area contributed by atoms with Crippen molar-refractivity contribution in [1.82, 2.24) is 10.3 Å². The molecule has 0 radical (unpaired) electrons. The van der Waals surface area contributed by atoms with Gasteiger partial charge in [0.25, 0.3) is 0 Å². The molecule has 1 heterocycles. The van der Waals surface area contributed by atoms with Gasteiger partial charge in [0.2, 0.25) is 5.91 Å². The number of anilines is 1. The van der Waals surface area contributed by atoms with Gasteiger partial charge in [0.15, 0.2) is 0 Å². The number of hydrogen-bond acceptors (Lipinski definition) is 4. The third-order valence-corrected chi connectivity index (χ3v) is 2.81. The van der Waals surface area contributed by atoms with Gasteiger partial charge >= 0.3 is 0 Å². The fraction of sp³-hybridized carbons (Fsp3) is 0.571. The smallest absolute Gasteiger partial charge is 0.237 e. The van der Waals surface area contributed by atoms with Crippen LogP contribution in [0.2, 0.25) is 0 Å². The summed E-state index contributed by atoms with van der Waals surface area (Å²) in [6.45, 7) is 4.56. The van der Waals surface area contributed by atoms with Gasteiger partial charge in [0.1, 0.15) is 5.82 Å². The Morgan fingerprint density at radius 3 is 2.74 bits per heavy atom. The van der Waals surface area contributed by atoms with E-state index in [-0.39, 0.29) is 5.91 Å². The largest absolute Gasteiger partial charge is 0.362 e. The van der Waals surface area contributed by atoms with E-state index >= 15 is 0 Å². The predicted octanol–water partition coefficient (Wildman–Crippen LogP) is 1.14. The average Bonchev–Trinajstić information content (AvgIpc) is 2.35. The SMILES string of the molecule is CC(C)C[C@H](N)C(=O)NCc1cccnc1N(C)C. The van der Waals surface area contributed by atoms with E-state index in [4.69, 9.17) is 5.73 Å². The molecule has 0 saturated carbocycles. The molecule has 0 aliphatic heterocycles. The number of aromatic nitrogens is 1. The average molecular weight is 264 g/mol. The number of nitrogens with one attached hydrogen (secondary N) is 1. The van der Waals surface area contributed by atoms with Gasteiger partial charge in [-0.1, -0.05) is 19.9 Å². The Morgan fingerprint density at radius 2 is 2.16 bits per heavy atom. The van der Waals surface area contributed by atoms with Crippen LogP contribution in [0.4, 0.5) is 5.82 Å². The maximum Gasteiger partial charge on any atom is 0.237 e. The standard InChI is InChI=1S/C14H24N4O/c1-10(2)8-12(15)14(19)17-9-11-6-5-7-16-13(11)18(3)4/h5-7,10,12H,8-9,15H2,1-4H3,(H,17,19)/t12-/m0/s1. The first-order chi connectivity index (χ1) is 8.91. The molecule has 1 atom stereocenters. The Kier molecular flexibility index (Phi) is 5.76. The number of nitrogens with zero attached hydrogens (tertiary/aromatic N) is 2. The lowest BCUT2D eigenvalue weighted by Gasteiger charge is -2.18. The fourth-order valence-electron chi connectivity index (χ4n) is 1.90. The molecule has 1 rings (SSSR count). The predicted molar refractivity (Wildman–Crippen MR) is 77.8 cm³/mol. The molecule has 1 aromatic heterocycles. The third-order valence-electron chi connectivity index (χ3n) is 2.81. The van der Waals surface area contributed by atoms with Crippen molar-refractivity contribution in [3.05, 3.63) is 23.9 Å². The summed E-state index contributed by atoms with van der Waals surface area (Å²) in [5.74, 6) is 1.17. The van der Waals surface area contributed by atoms with Crippen molar-refractivity contribution < 1.29 is 4.79 Å². The molecule has 19 heavy (non-hydrogen) atoms. The van der Waals surface area contributed by atoms with Crippen molar-refractivity contribution in [2.45, 2.75) is 32.9 Å². The van der Waals surface area contributed by atoms with Crippen molar-refractivity contribution >= 4 is 11.7 Å². The highest BCUT2D eigenvalue weighted by atomic mass is 16.2. The van der Waals surface area contributed by atoms with Crippen LogP contribution in [-0.4, -0.2) is 31.0 Å². The monoisotopic (exact) mass is 264 g/mol. The molecule has 0 spiro atoms. The highest BCUT2D eigenvalue weighted by Gasteiger charge is 2.15. The minimum atomic E-state index is -0.445. The summed E-state index contributed by atoms with van der Waals surface area (Å²) >= 11 is 0. The molecule has 1 aromatic rings. The van der Waals surface area contributed by atoms with E-state index < -0.39 is 6.04 Å². The van der Waals surface area contributed by atoms with Gasteiger partial charge in [0.05, 0.1) is 6.04 Å². The summed E-state index contributed by atoms with van der Waals surface area (Å²) in [7, 11) is 3.86. The number of hydrogen-bond donors (Lipinski definition) is 2. The zero-order valence-corrected chi connectivity index (χ0v) is 12.2. The molecule has 1 amide bonds. The minimum absolute atomic E-state index is 0.109. The van der Waals surface area contributed by atoms with Gasteiger partial charge in [-0.2, -0.15) is 0 Å². The first-order valence-corrected chi connectivity index (χ1v) is 6.56. The molecule has 0 bridgehead atoms. The molecule has 3 N–H and O–H groups in total. The van der Waals surface area contributed by atoms with E-state index in [1.165, 1.54) is 0 Å². The maximum absolute atomic E-state index is 11.9. The summed E-state index contributed by atoms with van der Waals surface area (Å²) in [6.07, 6.45) is 2.44. The van der Waals surface area contributed by atoms with Crippen LogP contribution in [0.1, 0.15) is 25.8 Å². The molecule has 0 saturated heterocycles. The molecule has 5 heteroatoms. The first-order valence-electron chi connectivity index (χ1n) is 6.56. The van der Waals surface area contributed by atoms with E-state index in [0.717, 1.165) is 11.4 Å². The van der Waals surface area contributed by atoms with Crippen LogP contribution in [0.25, 0.3) is 0 Å². The maximum atomic E-state index is 11.9. The molecular formula is C14H24N4O. The molecule has 0 aliphatic carbocycles.